The summed E-state index contributed by atoms with van der Waals surface area (Å²) in [5, 5.41) is 0. The van der Waals surface area contributed by atoms with Gasteiger partial charge in [0.25, 0.3) is 0 Å². The average molecular weight is 178 g/mol. The van der Waals surface area contributed by atoms with Crippen LogP contribution in [0.3, 0.4) is 0 Å². The van der Waals surface area contributed by atoms with Crippen molar-refractivity contribution < 1.29 is 0 Å². The van der Waals surface area contributed by atoms with Crippen LogP contribution in [0.1, 0.15) is 16.7 Å². The Bertz CT molecular complexity index is 281. The monoisotopic (exact) mass is 178 g/mol. The Morgan fingerprint density at radius 2 is 2.00 bits per heavy atom. The number of nitrogens with two attached hydrogens (primary N) is 2. The SMILES string of the molecule is Cc1ccc(C)c(CC(N)CN)c1. The fourth-order valence-electron chi connectivity index (χ4n) is 1.39. The second kappa shape index (κ2) is 4.40. The molecule has 1 aromatic carbocycles. The van der Waals surface area contributed by atoms with Crippen molar-refractivity contribution in [3.05, 3.63) is 34.9 Å². The summed E-state index contributed by atoms with van der Waals surface area (Å²) in [6.45, 7) is 4.75. The van der Waals surface area contributed by atoms with Gasteiger partial charge in [0.05, 0.1) is 0 Å². The molecule has 0 bridgehead atoms. The van der Waals surface area contributed by atoms with Crippen LogP contribution >= 0.6 is 0 Å². The summed E-state index contributed by atoms with van der Waals surface area (Å²) in [5.74, 6) is 0. The van der Waals surface area contributed by atoms with E-state index >= 15 is 0 Å². The van der Waals surface area contributed by atoms with Gasteiger partial charge in [-0.3, -0.25) is 0 Å². The quantitative estimate of drug-likeness (QED) is 0.729. The van der Waals surface area contributed by atoms with E-state index in [0.717, 1.165) is 6.42 Å². The summed E-state index contributed by atoms with van der Waals surface area (Å²) < 4.78 is 0. The Morgan fingerprint density at radius 3 is 2.62 bits per heavy atom. The molecule has 0 heterocycles. The lowest BCUT2D eigenvalue weighted by Gasteiger charge is -2.11. The third-order valence-electron chi connectivity index (χ3n) is 2.29. The van der Waals surface area contributed by atoms with Gasteiger partial charge in [0.2, 0.25) is 0 Å². The van der Waals surface area contributed by atoms with Crippen LogP contribution in [0, 0.1) is 13.8 Å². The van der Waals surface area contributed by atoms with E-state index in [2.05, 4.69) is 32.0 Å². The van der Waals surface area contributed by atoms with Gasteiger partial charge in [0, 0.05) is 12.6 Å². The Balaban J connectivity index is 2.81. The molecule has 0 aromatic heterocycles. The van der Waals surface area contributed by atoms with Gasteiger partial charge >= 0.3 is 0 Å². The van der Waals surface area contributed by atoms with E-state index in [-0.39, 0.29) is 6.04 Å². The normalized spacial score (nSPS) is 12.9. The smallest absolute Gasteiger partial charge is 0.0204 e. The van der Waals surface area contributed by atoms with Crippen LogP contribution < -0.4 is 11.5 Å². The first-order valence-electron chi connectivity index (χ1n) is 4.65. The maximum absolute atomic E-state index is 5.80. The lowest BCUT2D eigenvalue weighted by Crippen LogP contribution is -2.31. The third kappa shape index (κ3) is 2.83. The van der Waals surface area contributed by atoms with Gasteiger partial charge in [-0.05, 0) is 31.4 Å². The first-order chi connectivity index (χ1) is 6.13. The molecular weight excluding hydrogens is 160 g/mol. The Kier molecular flexibility index (Phi) is 3.46. The van der Waals surface area contributed by atoms with E-state index in [9.17, 15) is 0 Å². The minimum absolute atomic E-state index is 0.0838. The molecule has 0 aliphatic heterocycles. The van der Waals surface area contributed by atoms with Crippen LogP contribution in [0.15, 0.2) is 18.2 Å². The highest BCUT2D eigenvalue weighted by Crippen LogP contribution is 2.11. The fraction of sp³-hybridized carbons (Fsp3) is 0.455. The van der Waals surface area contributed by atoms with Crippen molar-refractivity contribution in [2.24, 2.45) is 11.5 Å². The van der Waals surface area contributed by atoms with Crippen LogP contribution in [0.25, 0.3) is 0 Å². The number of hydrogen-bond acceptors (Lipinski definition) is 2. The van der Waals surface area contributed by atoms with Gasteiger partial charge in [-0.25, -0.2) is 0 Å². The van der Waals surface area contributed by atoms with Gasteiger partial charge in [-0.2, -0.15) is 0 Å². The molecular formula is C11H18N2. The lowest BCUT2D eigenvalue weighted by atomic mass is 9.99. The molecule has 0 saturated carbocycles. The zero-order chi connectivity index (χ0) is 9.84. The zero-order valence-electron chi connectivity index (χ0n) is 8.38. The highest BCUT2D eigenvalue weighted by Gasteiger charge is 2.04. The van der Waals surface area contributed by atoms with Crippen LogP contribution in [0.5, 0.6) is 0 Å². The van der Waals surface area contributed by atoms with Gasteiger partial charge in [-0.15, -0.1) is 0 Å². The summed E-state index contributed by atoms with van der Waals surface area (Å²) in [5.41, 5.74) is 15.2. The second-order valence-corrected chi connectivity index (χ2v) is 3.63. The second-order valence-electron chi connectivity index (χ2n) is 3.63. The number of rotatable bonds is 3. The predicted molar refractivity (Wildman–Crippen MR) is 56.6 cm³/mol. The highest BCUT2D eigenvalue weighted by atomic mass is 14.7. The first-order valence-corrected chi connectivity index (χ1v) is 4.65. The third-order valence-corrected chi connectivity index (χ3v) is 2.29. The summed E-state index contributed by atoms with van der Waals surface area (Å²) >= 11 is 0. The van der Waals surface area contributed by atoms with Crippen molar-refractivity contribution in [1.82, 2.24) is 0 Å². The molecule has 72 valence electrons. The topological polar surface area (TPSA) is 52.0 Å². The molecule has 0 aliphatic carbocycles. The molecule has 0 amide bonds. The summed E-state index contributed by atoms with van der Waals surface area (Å²) in [4.78, 5) is 0. The molecule has 1 unspecified atom stereocenters. The highest BCUT2D eigenvalue weighted by molar-refractivity contribution is 5.31. The van der Waals surface area contributed by atoms with Crippen LogP contribution in [-0.4, -0.2) is 12.6 Å². The van der Waals surface area contributed by atoms with Gasteiger partial charge < -0.3 is 11.5 Å². The van der Waals surface area contributed by atoms with Crippen LogP contribution in [0.4, 0.5) is 0 Å². The van der Waals surface area contributed by atoms with E-state index in [1.54, 1.807) is 0 Å². The van der Waals surface area contributed by atoms with Crippen LogP contribution in [0.2, 0.25) is 0 Å². The zero-order valence-corrected chi connectivity index (χ0v) is 8.38. The standard InChI is InChI=1S/C11H18N2/c1-8-3-4-9(2)10(5-8)6-11(13)7-12/h3-5,11H,6-7,12-13H2,1-2H3. The predicted octanol–water partition coefficient (Wildman–Crippen LogP) is 1.13. The van der Waals surface area contributed by atoms with E-state index < -0.39 is 0 Å². The Morgan fingerprint density at radius 1 is 1.31 bits per heavy atom. The maximum Gasteiger partial charge on any atom is 0.0204 e. The van der Waals surface area contributed by atoms with Gasteiger partial charge in [0.15, 0.2) is 0 Å². The fourth-order valence-corrected chi connectivity index (χ4v) is 1.39. The molecule has 13 heavy (non-hydrogen) atoms. The molecule has 0 spiro atoms. The lowest BCUT2D eigenvalue weighted by molar-refractivity contribution is 0.676. The molecule has 4 N–H and O–H groups in total. The number of hydrogen-bond donors (Lipinski definition) is 2. The van der Waals surface area contributed by atoms with E-state index in [1.807, 2.05) is 0 Å². The molecule has 2 heteroatoms. The summed E-state index contributed by atoms with van der Waals surface area (Å²) in [7, 11) is 0. The summed E-state index contributed by atoms with van der Waals surface area (Å²) in [6.07, 6.45) is 0.879. The van der Waals surface area contributed by atoms with Crippen LogP contribution in [-0.2, 0) is 6.42 Å². The Labute approximate surface area is 79.9 Å². The van der Waals surface area contributed by atoms with Crippen molar-refractivity contribution in [1.29, 1.82) is 0 Å². The molecule has 1 atom stereocenters. The minimum atomic E-state index is 0.0838. The van der Waals surface area contributed by atoms with Gasteiger partial charge in [0.1, 0.15) is 0 Å². The van der Waals surface area contributed by atoms with Crippen molar-refractivity contribution >= 4 is 0 Å². The minimum Gasteiger partial charge on any atom is -0.329 e. The van der Waals surface area contributed by atoms with E-state index in [1.165, 1.54) is 16.7 Å². The molecule has 1 rings (SSSR count). The number of benzene rings is 1. The largest absolute Gasteiger partial charge is 0.329 e. The molecule has 1 aromatic rings. The van der Waals surface area contributed by atoms with Crippen molar-refractivity contribution in [2.75, 3.05) is 6.54 Å². The maximum atomic E-state index is 5.80. The first kappa shape index (κ1) is 10.2. The van der Waals surface area contributed by atoms with E-state index in [0.29, 0.717) is 6.54 Å². The summed E-state index contributed by atoms with van der Waals surface area (Å²) in [6, 6.07) is 6.52. The van der Waals surface area contributed by atoms with Crippen molar-refractivity contribution in [3.8, 4) is 0 Å². The number of aryl methyl sites for hydroxylation is 2. The Hall–Kier alpha value is -0.860. The van der Waals surface area contributed by atoms with E-state index in [4.69, 9.17) is 11.5 Å². The molecule has 2 nitrogen and oxygen atoms in total. The average Bonchev–Trinajstić information content (AvgIpc) is 2.11. The molecule has 0 saturated heterocycles. The van der Waals surface area contributed by atoms with Crippen molar-refractivity contribution in [2.45, 2.75) is 26.3 Å². The van der Waals surface area contributed by atoms with Crippen molar-refractivity contribution in [3.63, 3.8) is 0 Å². The molecule has 0 radical (unpaired) electrons. The molecule has 0 aliphatic rings. The molecule has 0 fully saturated rings. The van der Waals surface area contributed by atoms with Gasteiger partial charge in [-0.1, -0.05) is 23.8 Å².